The Morgan fingerprint density at radius 2 is 1.83 bits per heavy atom. The first-order valence-corrected chi connectivity index (χ1v) is 9.58. The van der Waals surface area contributed by atoms with Crippen LogP contribution in [0.2, 0.25) is 0 Å². The summed E-state index contributed by atoms with van der Waals surface area (Å²) in [7, 11) is 0. The molecule has 0 radical (unpaired) electrons. The number of nitrogens with one attached hydrogen (secondary N) is 1. The molecular weight excluding hydrogens is 302 g/mol. The van der Waals surface area contributed by atoms with Crippen molar-refractivity contribution in [2.45, 2.75) is 38.1 Å². The molecule has 2 aromatic rings. The van der Waals surface area contributed by atoms with E-state index in [4.69, 9.17) is 0 Å². The molecule has 3 rings (SSSR count). The number of benzene rings is 1. The lowest BCUT2D eigenvalue weighted by Crippen LogP contribution is -3.13. The number of thioether (sulfide) groups is 1. The zero-order valence-corrected chi connectivity index (χ0v) is 15.0. The summed E-state index contributed by atoms with van der Waals surface area (Å²) in [6.07, 6.45) is 4.21. The minimum absolute atomic E-state index is 0.966. The average Bonchev–Trinajstić information content (AvgIpc) is 2.57. The number of aromatic nitrogens is 2. The van der Waals surface area contributed by atoms with Gasteiger partial charge in [0.25, 0.3) is 0 Å². The number of rotatable bonds is 5. The smallest absolute Gasteiger partial charge is 0.119 e. The second-order valence-electron chi connectivity index (χ2n) is 6.48. The molecule has 0 unspecified atom stereocenters. The Bertz CT molecular complexity index is 634. The van der Waals surface area contributed by atoms with Crippen LogP contribution in [0.25, 0.3) is 11.3 Å². The average molecular weight is 329 g/mol. The quantitative estimate of drug-likeness (QED) is 0.856. The highest BCUT2D eigenvalue weighted by atomic mass is 32.2. The van der Waals surface area contributed by atoms with E-state index >= 15 is 0 Å². The second kappa shape index (κ2) is 7.93. The van der Waals surface area contributed by atoms with E-state index in [1.54, 1.807) is 4.90 Å². The fourth-order valence-corrected chi connectivity index (χ4v) is 4.11. The van der Waals surface area contributed by atoms with Crippen LogP contribution in [0, 0.1) is 13.8 Å². The molecule has 0 saturated carbocycles. The maximum Gasteiger partial charge on any atom is 0.119 e. The highest BCUT2D eigenvalue weighted by Gasteiger charge is 2.13. The molecule has 1 aliphatic heterocycles. The molecule has 0 bridgehead atoms. The number of nitrogens with zero attached hydrogens (tertiary/aromatic N) is 2. The van der Waals surface area contributed by atoms with E-state index < -0.39 is 0 Å². The third-order valence-corrected chi connectivity index (χ3v) is 5.49. The number of piperidine rings is 1. The van der Waals surface area contributed by atoms with Gasteiger partial charge in [0.1, 0.15) is 5.03 Å². The van der Waals surface area contributed by atoms with Gasteiger partial charge in [0.15, 0.2) is 0 Å². The molecule has 1 N–H and O–H groups in total. The first-order valence-electron chi connectivity index (χ1n) is 8.60. The van der Waals surface area contributed by atoms with Gasteiger partial charge >= 0.3 is 0 Å². The van der Waals surface area contributed by atoms with E-state index in [9.17, 15) is 0 Å². The number of likely N-dealkylation sites (tertiary alicyclic amines) is 1. The zero-order chi connectivity index (χ0) is 16.1. The van der Waals surface area contributed by atoms with Crippen molar-refractivity contribution in [1.82, 2.24) is 10.2 Å². The van der Waals surface area contributed by atoms with E-state index in [2.05, 4.69) is 54.4 Å². The summed E-state index contributed by atoms with van der Waals surface area (Å²) in [5.74, 6) is 1.13. The summed E-state index contributed by atoms with van der Waals surface area (Å²) in [4.78, 5) is 1.75. The lowest BCUT2D eigenvalue weighted by atomic mass is 10.0. The van der Waals surface area contributed by atoms with E-state index in [1.807, 2.05) is 11.8 Å². The van der Waals surface area contributed by atoms with Gasteiger partial charge in [0.2, 0.25) is 0 Å². The lowest BCUT2D eigenvalue weighted by Gasteiger charge is -2.23. The summed E-state index contributed by atoms with van der Waals surface area (Å²) < 4.78 is 0. The summed E-state index contributed by atoms with van der Waals surface area (Å²) in [5, 5.41) is 9.87. The third-order valence-electron chi connectivity index (χ3n) is 4.56. The van der Waals surface area contributed by atoms with Gasteiger partial charge in [-0.05, 0) is 50.8 Å². The number of hydrogen-bond acceptors (Lipinski definition) is 3. The molecule has 1 saturated heterocycles. The van der Waals surface area contributed by atoms with Crippen LogP contribution in [-0.4, -0.2) is 35.6 Å². The summed E-state index contributed by atoms with van der Waals surface area (Å²) in [6.45, 7) is 8.18. The zero-order valence-electron chi connectivity index (χ0n) is 14.1. The fraction of sp³-hybridized carbons (Fsp3) is 0.474. The maximum atomic E-state index is 4.43. The van der Waals surface area contributed by atoms with Crippen LogP contribution in [0.1, 0.15) is 30.4 Å². The first kappa shape index (κ1) is 16.5. The van der Waals surface area contributed by atoms with Crippen molar-refractivity contribution in [3.8, 4) is 11.3 Å². The van der Waals surface area contributed by atoms with Crippen molar-refractivity contribution in [3.63, 3.8) is 0 Å². The Balaban J connectivity index is 1.56. The SMILES string of the molecule is Cc1ccc(-c2ccc(SCC[NH+]3CCCCC3)nn2)c(C)c1. The third kappa shape index (κ3) is 4.55. The first-order chi connectivity index (χ1) is 11.2. The molecule has 4 heteroatoms. The molecule has 0 atom stereocenters. The fourth-order valence-electron chi connectivity index (χ4n) is 3.24. The van der Waals surface area contributed by atoms with Crippen molar-refractivity contribution in [3.05, 3.63) is 41.5 Å². The van der Waals surface area contributed by atoms with Crippen molar-refractivity contribution < 1.29 is 4.90 Å². The maximum absolute atomic E-state index is 4.43. The van der Waals surface area contributed by atoms with Crippen LogP contribution < -0.4 is 4.90 Å². The highest BCUT2D eigenvalue weighted by Crippen LogP contribution is 2.23. The predicted octanol–water partition coefficient (Wildman–Crippen LogP) is 2.92. The summed E-state index contributed by atoms with van der Waals surface area (Å²) in [5.41, 5.74) is 4.69. The van der Waals surface area contributed by atoms with Gasteiger partial charge in [-0.15, -0.1) is 10.2 Å². The molecule has 0 amide bonds. The molecule has 0 aliphatic carbocycles. The molecule has 23 heavy (non-hydrogen) atoms. The summed E-state index contributed by atoms with van der Waals surface area (Å²) >= 11 is 1.83. The van der Waals surface area contributed by atoms with E-state index in [0.29, 0.717) is 0 Å². The monoisotopic (exact) mass is 328 g/mol. The van der Waals surface area contributed by atoms with Gasteiger partial charge in [0, 0.05) is 11.3 Å². The van der Waals surface area contributed by atoms with E-state index in [1.165, 1.54) is 55.6 Å². The van der Waals surface area contributed by atoms with Crippen LogP contribution in [0.4, 0.5) is 0 Å². The van der Waals surface area contributed by atoms with Crippen LogP contribution in [0.5, 0.6) is 0 Å². The van der Waals surface area contributed by atoms with E-state index in [0.717, 1.165) is 16.5 Å². The van der Waals surface area contributed by atoms with Gasteiger partial charge in [-0.1, -0.05) is 35.5 Å². The Morgan fingerprint density at radius 1 is 1.00 bits per heavy atom. The molecule has 122 valence electrons. The standard InChI is InChI=1S/C19H25N3S/c1-15-6-7-17(16(2)14-15)18-8-9-19(21-20-18)23-13-12-22-10-4-3-5-11-22/h6-9,14H,3-5,10-13H2,1-2H3/p+1. The molecule has 1 aromatic heterocycles. The van der Waals surface area contributed by atoms with Crippen molar-refractivity contribution in [2.24, 2.45) is 0 Å². The largest absolute Gasteiger partial charge is 0.334 e. The van der Waals surface area contributed by atoms with Crippen molar-refractivity contribution in [1.29, 1.82) is 0 Å². The number of quaternary nitrogens is 1. The van der Waals surface area contributed by atoms with Gasteiger partial charge in [-0.2, -0.15) is 0 Å². The van der Waals surface area contributed by atoms with E-state index in [-0.39, 0.29) is 0 Å². The van der Waals surface area contributed by atoms with Gasteiger partial charge in [0.05, 0.1) is 25.3 Å². The Kier molecular flexibility index (Phi) is 5.68. The molecule has 2 heterocycles. The predicted molar refractivity (Wildman–Crippen MR) is 97.1 cm³/mol. The number of hydrogen-bond donors (Lipinski definition) is 1. The highest BCUT2D eigenvalue weighted by molar-refractivity contribution is 7.99. The Morgan fingerprint density at radius 3 is 2.52 bits per heavy atom. The van der Waals surface area contributed by atoms with Crippen LogP contribution in [-0.2, 0) is 0 Å². The molecule has 0 spiro atoms. The molecule has 1 fully saturated rings. The van der Waals surface area contributed by atoms with Crippen LogP contribution >= 0.6 is 11.8 Å². The van der Waals surface area contributed by atoms with Gasteiger partial charge in [-0.3, -0.25) is 0 Å². The second-order valence-corrected chi connectivity index (χ2v) is 7.60. The normalized spacial score (nSPS) is 15.7. The Labute approximate surface area is 143 Å². The lowest BCUT2D eigenvalue weighted by molar-refractivity contribution is -0.902. The minimum atomic E-state index is 0.966. The molecule has 1 aliphatic rings. The Hall–Kier alpha value is -1.39. The van der Waals surface area contributed by atoms with Gasteiger partial charge < -0.3 is 4.90 Å². The van der Waals surface area contributed by atoms with Crippen molar-refractivity contribution >= 4 is 11.8 Å². The van der Waals surface area contributed by atoms with Crippen LogP contribution in [0.3, 0.4) is 0 Å². The van der Waals surface area contributed by atoms with Crippen molar-refractivity contribution in [2.75, 3.05) is 25.4 Å². The number of aryl methyl sites for hydroxylation is 2. The van der Waals surface area contributed by atoms with Crippen LogP contribution in [0.15, 0.2) is 35.4 Å². The molecular formula is C19H26N3S+. The van der Waals surface area contributed by atoms with Gasteiger partial charge in [-0.25, -0.2) is 0 Å². The summed E-state index contributed by atoms with van der Waals surface area (Å²) in [6, 6.07) is 10.7. The molecule has 1 aromatic carbocycles. The topological polar surface area (TPSA) is 30.2 Å². The minimum Gasteiger partial charge on any atom is -0.334 e. The molecule has 3 nitrogen and oxygen atoms in total.